The van der Waals surface area contributed by atoms with Crippen LogP contribution in [-0.4, -0.2) is 28.5 Å². The molecule has 2 amide bonds. The lowest BCUT2D eigenvalue weighted by atomic mass is 9.93. The minimum Gasteiger partial charge on any atom is -0.495 e. The first-order valence-corrected chi connectivity index (χ1v) is 8.98. The molecule has 28 heavy (non-hydrogen) atoms. The summed E-state index contributed by atoms with van der Waals surface area (Å²) >= 11 is 0. The van der Waals surface area contributed by atoms with Gasteiger partial charge in [0.1, 0.15) is 5.75 Å². The first kappa shape index (κ1) is 15.3. The molecule has 0 saturated heterocycles. The fourth-order valence-corrected chi connectivity index (χ4v) is 4.60. The fourth-order valence-electron chi connectivity index (χ4n) is 4.60. The van der Waals surface area contributed by atoms with E-state index in [1.165, 1.54) is 0 Å². The highest BCUT2D eigenvalue weighted by Gasteiger charge is 2.34. The van der Waals surface area contributed by atoms with E-state index >= 15 is 0 Å². The molecule has 0 atom stereocenters. The summed E-state index contributed by atoms with van der Waals surface area (Å²) in [5, 5.41) is 6.84. The fraction of sp³-hybridized carbons (Fsp3) is 0.0909. The number of nitrogens with one attached hydrogen (secondary N) is 2. The average Bonchev–Trinajstić information content (AvgIpc) is 3.35. The van der Waals surface area contributed by atoms with Crippen LogP contribution < -0.4 is 10.1 Å². The molecule has 6 heteroatoms. The molecule has 0 spiro atoms. The summed E-state index contributed by atoms with van der Waals surface area (Å²) in [7, 11) is 3.56. The number of ether oxygens (including phenoxy) is 1. The number of aromatic nitrogens is 2. The molecule has 0 unspecified atom stereocenters. The maximum Gasteiger partial charge on any atom is 0.259 e. The molecule has 2 N–H and O–H groups in total. The highest BCUT2D eigenvalue weighted by molar-refractivity contribution is 6.39. The Morgan fingerprint density at radius 3 is 2.43 bits per heavy atom. The van der Waals surface area contributed by atoms with Crippen molar-refractivity contribution in [2.75, 3.05) is 7.11 Å². The molecule has 2 aromatic heterocycles. The maximum atomic E-state index is 12.8. The molecule has 0 bridgehead atoms. The summed E-state index contributed by atoms with van der Waals surface area (Å²) in [4.78, 5) is 29.1. The zero-order valence-electron chi connectivity index (χ0n) is 15.2. The molecule has 136 valence electrons. The number of aryl methyl sites for hydroxylation is 1. The number of carbonyl (C=O) groups excluding carboxylic acids is 2. The SMILES string of the molecule is COc1cccc2c1[nH]c1c3ccc4ccn(C)c4c3c3c(c21)C(=O)NC3=O. The van der Waals surface area contributed by atoms with Gasteiger partial charge in [-0.25, -0.2) is 0 Å². The number of aromatic amines is 1. The Morgan fingerprint density at radius 1 is 0.893 bits per heavy atom. The van der Waals surface area contributed by atoms with E-state index in [2.05, 4.69) is 10.3 Å². The van der Waals surface area contributed by atoms with Gasteiger partial charge >= 0.3 is 0 Å². The smallest absolute Gasteiger partial charge is 0.259 e. The number of hydrogen-bond acceptors (Lipinski definition) is 3. The van der Waals surface area contributed by atoms with E-state index in [0.29, 0.717) is 16.9 Å². The summed E-state index contributed by atoms with van der Waals surface area (Å²) in [5.74, 6) is -0.0139. The number of benzene rings is 3. The van der Waals surface area contributed by atoms with Gasteiger partial charge in [-0.15, -0.1) is 0 Å². The van der Waals surface area contributed by atoms with Crippen LogP contribution in [0.2, 0.25) is 0 Å². The Hall–Kier alpha value is -3.80. The van der Waals surface area contributed by atoms with Gasteiger partial charge in [-0.3, -0.25) is 14.9 Å². The molecule has 6 nitrogen and oxygen atoms in total. The molecule has 3 aromatic carbocycles. The highest BCUT2D eigenvalue weighted by atomic mass is 16.5. The largest absolute Gasteiger partial charge is 0.495 e. The van der Waals surface area contributed by atoms with Crippen LogP contribution in [0.4, 0.5) is 0 Å². The quantitative estimate of drug-likeness (QED) is 0.441. The molecule has 1 aliphatic rings. The summed E-state index contributed by atoms with van der Waals surface area (Å²) in [5.41, 5.74) is 3.46. The topological polar surface area (TPSA) is 76.1 Å². The van der Waals surface area contributed by atoms with Gasteiger partial charge in [-0.2, -0.15) is 0 Å². The molecular weight excluding hydrogens is 354 g/mol. The van der Waals surface area contributed by atoms with Crippen LogP contribution in [0.1, 0.15) is 20.7 Å². The standard InChI is InChI=1S/C22H15N3O3/c1-25-9-8-10-6-7-12-15(20(10)25)17-16(21(26)24-22(17)27)14-11-4-3-5-13(28-2)18(11)23-19(12)14/h3-9,23H,1-2H3,(H,24,26,27). The summed E-state index contributed by atoms with van der Waals surface area (Å²) in [6, 6.07) is 11.8. The Morgan fingerprint density at radius 2 is 1.64 bits per heavy atom. The van der Waals surface area contributed by atoms with E-state index < -0.39 is 0 Å². The second-order valence-electron chi connectivity index (χ2n) is 7.14. The van der Waals surface area contributed by atoms with Crippen molar-refractivity contribution in [3.63, 3.8) is 0 Å². The number of hydrogen-bond donors (Lipinski definition) is 2. The van der Waals surface area contributed by atoms with E-state index in [0.717, 1.165) is 43.5 Å². The van der Waals surface area contributed by atoms with Gasteiger partial charge in [-0.1, -0.05) is 24.3 Å². The summed E-state index contributed by atoms with van der Waals surface area (Å²) in [6.07, 6.45) is 1.96. The first-order valence-electron chi connectivity index (χ1n) is 8.98. The Labute approximate surface area is 158 Å². The van der Waals surface area contributed by atoms with E-state index in [1.807, 2.05) is 54.2 Å². The number of carbonyl (C=O) groups is 2. The van der Waals surface area contributed by atoms with Crippen LogP contribution in [0, 0.1) is 0 Å². The molecule has 0 saturated carbocycles. The number of methoxy groups -OCH3 is 1. The number of para-hydroxylation sites is 1. The Kier molecular flexibility index (Phi) is 2.69. The van der Waals surface area contributed by atoms with Crippen LogP contribution in [0.5, 0.6) is 5.75 Å². The monoisotopic (exact) mass is 369 g/mol. The first-order chi connectivity index (χ1) is 13.6. The molecule has 5 aromatic rings. The van der Waals surface area contributed by atoms with Crippen molar-refractivity contribution in [3.8, 4) is 5.75 Å². The molecule has 0 fully saturated rings. The molecule has 1 aliphatic heterocycles. The average molecular weight is 369 g/mol. The predicted octanol–water partition coefficient (Wildman–Crippen LogP) is 3.86. The van der Waals surface area contributed by atoms with Crippen molar-refractivity contribution in [2.24, 2.45) is 7.05 Å². The molecule has 3 heterocycles. The third-order valence-corrected chi connectivity index (χ3v) is 5.76. The van der Waals surface area contributed by atoms with Crippen LogP contribution in [0.25, 0.3) is 43.5 Å². The second kappa shape index (κ2) is 4.92. The van der Waals surface area contributed by atoms with Crippen molar-refractivity contribution >= 4 is 55.3 Å². The number of nitrogens with zero attached hydrogens (tertiary/aromatic N) is 1. The lowest BCUT2D eigenvalue weighted by Crippen LogP contribution is -2.20. The van der Waals surface area contributed by atoms with Gasteiger partial charge in [0.25, 0.3) is 11.8 Å². The van der Waals surface area contributed by atoms with Crippen molar-refractivity contribution in [2.45, 2.75) is 0 Å². The van der Waals surface area contributed by atoms with Crippen molar-refractivity contribution in [3.05, 3.63) is 53.7 Å². The van der Waals surface area contributed by atoms with Gasteiger partial charge in [0.15, 0.2) is 0 Å². The van der Waals surface area contributed by atoms with Crippen LogP contribution in [-0.2, 0) is 7.05 Å². The second-order valence-corrected chi connectivity index (χ2v) is 7.14. The number of H-pyrrole nitrogens is 1. The van der Waals surface area contributed by atoms with E-state index in [4.69, 9.17) is 4.74 Å². The maximum absolute atomic E-state index is 12.8. The van der Waals surface area contributed by atoms with Crippen LogP contribution in [0.3, 0.4) is 0 Å². The van der Waals surface area contributed by atoms with Crippen molar-refractivity contribution in [1.82, 2.24) is 14.9 Å². The molecular formula is C22H15N3O3. The number of imide groups is 1. The van der Waals surface area contributed by atoms with Gasteiger partial charge in [0, 0.05) is 40.2 Å². The van der Waals surface area contributed by atoms with Gasteiger partial charge in [0.2, 0.25) is 0 Å². The van der Waals surface area contributed by atoms with Crippen LogP contribution in [0.15, 0.2) is 42.6 Å². The molecule has 0 radical (unpaired) electrons. The zero-order valence-corrected chi connectivity index (χ0v) is 15.2. The number of fused-ring (bicyclic) bond motifs is 10. The molecule has 0 aliphatic carbocycles. The lowest BCUT2D eigenvalue weighted by Gasteiger charge is -2.09. The normalized spacial score (nSPS) is 13.8. The third-order valence-electron chi connectivity index (χ3n) is 5.76. The van der Waals surface area contributed by atoms with Gasteiger partial charge in [-0.05, 0) is 12.1 Å². The van der Waals surface area contributed by atoms with Gasteiger partial charge < -0.3 is 14.3 Å². The summed E-state index contributed by atoms with van der Waals surface area (Å²) < 4.78 is 7.50. The van der Waals surface area contributed by atoms with Crippen molar-refractivity contribution in [1.29, 1.82) is 0 Å². The minimum atomic E-state index is -0.359. The van der Waals surface area contributed by atoms with Crippen molar-refractivity contribution < 1.29 is 14.3 Å². The number of amides is 2. The zero-order chi connectivity index (χ0) is 19.2. The van der Waals surface area contributed by atoms with E-state index in [-0.39, 0.29) is 11.8 Å². The Bertz CT molecular complexity index is 1520. The summed E-state index contributed by atoms with van der Waals surface area (Å²) in [6.45, 7) is 0. The van der Waals surface area contributed by atoms with Crippen LogP contribution >= 0.6 is 0 Å². The van der Waals surface area contributed by atoms with E-state index in [1.54, 1.807) is 7.11 Å². The minimum absolute atomic E-state index is 0.349. The highest BCUT2D eigenvalue weighted by Crippen LogP contribution is 2.43. The Balaban J connectivity index is 2.00. The molecule has 6 rings (SSSR count). The van der Waals surface area contributed by atoms with Gasteiger partial charge in [0.05, 0.1) is 34.8 Å². The predicted molar refractivity (Wildman–Crippen MR) is 108 cm³/mol. The third kappa shape index (κ3) is 1.63. The lowest BCUT2D eigenvalue weighted by molar-refractivity contribution is 0.0880. The number of rotatable bonds is 1. The van der Waals surface area contributed by atoms with E-state index in [9.17, 15) is 9.59 Å².